The van der Waals surface area contributed by atoms with Crippen LogP contribution < -0.4 is 9.47 Å². The van der Waals surface area contributed by atoms with E-state index < -0.39 is 5.60 Å². The second-order valence-corrected chi connectivity index (χ2v) is 5.03. The highest BCUT2D eigenvalue weighted by molar-refractivity contribution is 5.95. The second kappa shape index (κ2) is 4.81. The van der Waals surface area contributed by atoms with Gasteiger partial charge in [-0.3, -0.25) is 0 Å². The minimum Gasteiger partial charge on any atom is -0.497 e. The summed E-state index contributed by atoms with van der Waals surface area (Å²) in [6.07, 6.45) is 0. The van der Waals surface area contributed by atoms with Crippen LogP contribution in [0, 0.1) is 0 Å². The van der Waals surface area contributed by atoms with Gasteiger partial charge in [0.1, 0.15) is 11.5 Å². The number of hydrogen-bond acceptors (Lipinski definition) is 4. The maximum absolute atomic E-state index is 12.1. The monoisotopic (exact) mass is 284 g/mol. The van der Waals surface area contributed by atoms with Crippen LogP contribution in [0.1, 0.15) is 28.4 Å². The summed E-state index contributed by atoms with van der Waals surface area (Å²) in [5.74, 6) is 1.00. The Labute approximate surface area is 123 Å². The zero-order valence-electron chi connectivity index (χ0n) is 12.2. The van der Waals surface area contributed by atoms with E-state index in [4.69, 9.17) is 14.2 Å². The smallest absolute Gasteiger partial charge is 0.339 e. The van der Waals surface area contributed by atoms with Gasteiger partial charge in [0, 0.05) is 17.2 Å². The summed E-state index contributed by atoms with van der Waals surface area (Å²) < 4.78 is 16.3. The SMILES string of the molecule is COc1ccc(C2(C)OC(=O)c3ccccc32)c(OC)c1. The molecule has 0 radical (unpaired) electrons. The summed E-state index contributed by atoms with van der Waals surface area (Å²) in [5, 5.41) is 0. The number of hydrogen-bond donors (Lipinski definition) is 0. The first-order valence-corrected chi connectivity index (χ1v) is 6.65. The molecule has 108 valence electrons. The van der Waals surface area contributed by atoms with Crippen LogP contribution in [0.4, 0.5) is 0 Å². The molecule has 4 heteroatoms. The fourth-order valence-corrected chi connectivity index (χ4v) is 2.77. The number of benzene rings is 2. The molecule has 2 aromatic carbocycles. The lowest BCUT2D eigenvalue weighted by atomic mass is 9.86. The van der Waals surface area contributed by atoms with E-state index in [1.165, 1.54) is 0 Å². The first kappa shape index (κ1) is 13.5. The van der Waals surface area contributed by atoms with Gasteiger partial charge in [-0.05, 0) is 25.1 Å². The molecule has 0 fully saturated rings. The largest absolute Gasteiger partial charge is 0.497 e. The topological polar surface area (TPSA) is 44.8 Å². The van der Waals surface area contributed by atoms with Crippen LogP contribution in [0.15, 0.2) is 42.5 Å². The van der Waals surface area contributed by atoms with Gasteiger partial charge in [-0.2, -0.15) is 0 Å². The molecular formula is C17H16O4. The van der Waals surface area contributed by atoms with Crippen molar-refractivity contribution < 1.29 is 19.0 Å². The number of esters is 1. The Morgan fingerprint density at radius 3 is 2.48 bits per heavy atom. The molecule has 0 aromatic heterocycles. The molecule has 21 heavy (non-hydrogen) atoms. The molecule has 1 aliphatic rings. The summed E-state index contributed by atoms with van der Waals surface area (Å²) >= 11 is 0. The van der Waals surface area contributed by atoms with Crippen molar-refractivity contribution >= 4 is 5.97 Å². The number of carbonyl (C=O) groups excluding carboxylic acids is 1. The third-order valence-electron chi connectivity index (χ3n) is 3.88. The van der Waals surface area contributed by atoms with Crippen LogP contribution in [0.5, 0.6) is 11.5 Å². The van der Waals surface area contributed by atoms with Crippen molar-refractivity contribution in [3.63, 3.8) is 0 Å². The molecule has 0 aliphatic carbocycles. The van der Waals surface area contributed by atoms with Gasteiger partial charge in [0.2, 0.25) is 0 Å². The third kappa shape index (κ3) is 1.95. The zero-order chi connectivity index (χ0) is 15.0. The molecule has 0 saturated heterocycles. The number of cyclic esters (lactones) is 1. The average Bonchev–Trinajstić information content (AvgIpc) is 2.79. The van der Waals surface area contributed by atoms with E-state index in [2.05, 4.69) is 0 Å². The van der Waals surface area contributed by atoms with Crippen molar-refractivity contribution in [3.8, 4) is 11.5 Å². The van der Waals surface area contributed by atoms with Gasteiger partial charge in [0.15, 0.2) is 5.60 Å². The third-order valence-corrected chi connectivity index (χ3v) is 3.88. The molecule has 1 unspecified atom stereocenters. The van der Waals surface area contributed by atoms with Crippen molar-refractivity contribution in [2.45, 2.75) is 12.5 Å². The first-order valence-electron chi connectivity index (χ1n) is 6.65. The lowest BCUT2D eigenvalue weighted by Crippen LogP contribution is -2.24. The summed E-state index contributed by atoms with van der Waals surface area (Å²) in [6, 6.07) is 12.9. The van der Waals surface area contributed by atoms with E-state index in [0.717, 1.165) is 11.1 Å². The highest BCUT2D eigenvalue weighted by atomic mass is 16.6. The van der Waals surface area contributed by atoms with Crippen LogP contribution in [0.25, 0.3) is 0 Å². The molecule has 0 spiro atoms. The molecule has 0 bridgehead atoms. The van der Waals surface area contributed by atoms with Crippen molar-refractivity contribution in [3.05, 3.63) is 59.2 Å². The lowest BCUT2D eigenvalue weighted by molar-refractivity contribution is 0.0173. The number of methoxy groups -OCH3 is 2. The van der Waals surface area contributed by atoms with E-state index in [1.807, 2.05) is 37.3 Å². The molecule has 2 aromatic rings. The molecule has 1 aliphatic heterocycles. The Morgan fingerprint density at radius 2 is 1.76 bits per heavy atom. The minimum absolute atomic E-state index is 0.314. The minimum atomic E-state index is -0.856. The Hall–Kier alpha value is -2.49. The van der Waals surface area contributed by atoms with Crippen LogP contribution in [-0.2, 0) is 10.3 Å². The Bertz CT molecular complexity index is 708. The van der Waals surface area contributed by atoms with E-state index in [0.29, 0.717) is 17.1 Å². The fourth-order valence-electron chi connectivity index (χ4n) is 2.77. The first-order chi connectivity index (χ1) is 10.1. The van der Waals surface area contributed by atoms with Crippen molar-refractivity contribution in [1.82, 2.24) is 0 Å². The predicted octanol–water partition coefficient (Wildman–Crippen LogP) is 3.14. The maximum atomic E-state index is 12.1. The average molecular weight is 284 g/mol. The fraction of sp³-hybridized carbons (Fsp3) is 0.235. The van der Waals surface area contributed by atoms with Gasteiger partial charge < -0.3 is 14.2 Å². The number of fused-ring (bicyclic) bond motifs is 1. The molecule has 0 saturated carbocycles. The van der Waals surface area contributed by atoms with Gasteiger partial charge in [-0.25, -0.2) is 4.79 Å². The number of carbonyl (C=O) groups is 1. The number of ether oxygens (including phenoxy) is 3. The van der Waals surface area contributed by atoms with Crippen LogP contribution in [0.3, 0.4) is 0 Å². The second-order valence-electron chi connectivity index (χ2n) is 5.03. The normalized spacial score (nSPS) is 19.9. The molecule has 4 nitrogen and oxygen atoms in total. The summed E-state index contributed by atoms with van der Waals surface area (Å²) in [4.78, 5) is 12.1. The summed E-state index contributed by atoms with van der Waals surface area (Å²) in [5.41, 5.74) is 1.38. The Kier molecular flexibility index (Phi) is 3.09. The highest BCUT2D eigenvalue weighted by Crippen LogP contribution is 2.45. The quantitative estimate of drug-likeness (QED) is 0.812. The van der Waals surface area contributed by atoms with Gasteiger partial charge in [-0.15, -0.1) is 0 Å². The van der Waals surface area contributed by atoms with Crippen molar-refractivity contribution in [1.29, 1.82) is 0 Å². The van der Waals surface area contributed by atoms with Crippen LogP contribution in [0.2, 0.25) is 0 Å². The Morgan fingerprint density at radius 1 is 1.00 bits per heavy atom. The van der Waals surface area contributed by atoms with E-state index >= 15 is 0 Å². The Balaban J connectivity index is 2.19. The lowest BCUT2D eigenvalue weighted by Gasteiger charge is -2.26. The van der Waals surface area contributed by atoms with Gasteiger partial charge in [0.05, 0.1) is 19.8 Å². The molecule has 0 amide bonds. The molecular weight excluding hydrogens is 268 g/mol. The zero-order valence-corrected chi connectivity index (χ0v) is 12.2. The number of rotatable bonds is 3. The predicted molar refractivity (Wildman–Crippen MR) is 77.9 cm³/mol. The summed E-state index contributed by atoms with van der Waals surface area (Å²) in [7, 11) is 3.19. The van der Waals surface area contributed by atoms with Crippen molar-refractivity contribution in [2.24, 2.45) is 0 Å². The molecule has 0 N–H and O–H groups in total. The van der Waals surface area contributed by atoms with Crippen LogP contribution >= 0.6 is 0 Å². The molecule has 3 rings (SSSR count). The standard InChI is InChI=1S/C17H16O4/c1-17(13-7-5-4-6-12(13)16(18)21-17)14-9-8-11(19-2)10-15(14)20-3/h4-10H,1-3H3. The molecule has 1 atom stereocenters. The van der Waals surface area contributed by atoms with E-state index in [9.17, 15) is 4.79 Å². The molecule has 1 heterocycles. The maximum Gasteiger partial charge on any atom is 0.339 e. The highest BCUT2D eigenvalue weighted by Gasteiger charge is 2.44. The van der Waals surface area contributed by atoms with Gasteiger partial charge in [-0.1, -0.05) is 18.2 Å². The van der Waals surface area contributed by atoms with E-state index in [1.54, 1.807) is 26.4 Å². The summed E-state index contributed by atoms with van der Waals surface area (Å²) in [6.45, 7) is 1.88. The van der Waals surface area contributed by atoms with E-state index in [-0.39, 0.29) is 5.97 Å². The van der Waals surface area contributed by atoms with Gasteiger partial charge in [0.25, 0.3) is 0 Å². The van der Waals surface area contributed by atoms with Crippen LogP contribution in [-0.4, -0.2) is 20.2 Å². The van der Waals surface area contributed by atoms with Crippen molar-refractivity contribution in [2.75, 3.05) is 14.2 Å². The van der Waals surface area contributed by atoms with Gasteiger partial charge >= 0.3 is 5.97 Å².